The number of para-hydroxylation sites is 2. The van der Waals surface area contributed by atoms with Gasteiger partial charge in [0.15, 0.2) is 0 Å². The lowest BCUT2D eigenvalue weighted by Crippen LogP contribution is -2.53. The van der Waals surface area contributed by atoms with Gasteiger partial charge < -0.3 is 9.30 Å². The van der Waals surface area contributed by atoms with E-state index in [1.807, 2.05) is 65.4 Å². The molecule has 1 aliphatic rings. The number of urea groups is 1. The number of hydrogen-bond acceptors (Lipinski definition) is 4. The zero-order valence-corrected chi connectivity index (χ0v) is 16.5. The fourth-order valence-electron chi connectivity index (χ4n) is 3.49. The number of nitrogens with zero attached hydrogens (tertiary/aromatic N) is 2. The van der Waals surface area contributed by atoms with Crippen LogP contribution in [-0.2, 0) is 16.1 Å². The number of hydrogen-bond donors (Lipinski definition) is 1. The second kappa shape index (κ2) is 8.24. The maximum Gasteiger partial charge on any atom is 0.331 e. The Balaban J connectivity index is 1.63. The Kier molecular flexibility index (Phi) is 5.34. The van der Waals surface area contributed by atoms with Crippen molar-refractivity contribution < 1.29 is 19.1 Å². The number of barbiturate groups is 1. The van der Waals surface area contributed by atoms with E-state index in [1.54, 1.807) is 13.0 Å². The van der Waals surface area contributed by atoms with Crippen molar-refractivity contribution in [2.45, 2.75) is 13.5 Å². The van der Waals surface area contributed by atoms with E-state index in [1.165, 1.54) is 0 Å². The Bertz CT molecular complexity index is 1150. The Morgan fingerprint density at radius 3 is 2.50 bits per heavy atom. The molecule has 152 valence electrons. The van der Waals surface area contributed by atoms with Crippen molar-refractivity contribution in [1.29, 1.82) is 0 Å². The molecule has 0 bridgehead atoms. The Hall–Kier alpha value is -3.87. The van der Waals surface area contributed by atoms with Crippen molar-refractivity contribution in [2.24, 2.45) is 0 Å². The highest BCUT2D eigenvalue weighted by atomic mass is 16.5. The predicted molar refractivity (Wildman–Crippen MR) is 113 cm³/mol. The van der Waals surface area contributed by atoms with Crippen LogP contribution in [0.25, 0.3) is 17.0 Å². The van der Waals surface area contributed by atoms with Gasteiger partial charge >= 0.3 is 6.03 Å². The third-order valence-electron chi connectivity index (χ3n) is 4.97. The molecule has 1 saturated heterocycles. The van der Waals surface area contributed by atoms with Gasteiger partial charge in [-0.15, -0.1) is 0 Å². The molecule has 0 spiro atoms. The molecule has 1 aromatic heterocycles. The number of imide groups is 2. The largest absolute Gasteiger partial charge is 0.492 e. The number of fused-ring (bicyclic) bond motifs is 1. The van der Waals surface area contributed by atoms with Gasteiger partial charge in [-0.1, -0.05) is 36.4 Å². The summed E-state index contributed by atoms with van der Waals surface area (Å²) in [4.78, 5) is 37.7. The van der Waals surface area contributed by atoms with Crippen LogP contribution in [0.1, 0.15) is 12.5 Å². The van der Waals surface area contributed by atoms with Gasteiger partial charge in [0.1, 0.15) is 17.9 Å². The minimum Gasteiger partial charge on any atom is -0.492 e. The molecule has 3 aromatic rings. The summed E-state index contributed by atoms with van der Waals surface area (Å²) < 4.78 is 7.82. The summed E-state index contributed by atoms with van der Waals surface area (Å²) in [7, 11) is 0. The SMILES string of the molecule is CCN1C(=O)NC(=O)/C(=C\c2cn(CCOc3ccccc3)c3ccccc23)C1=O. The van der Waals surface area contributed by atoms with Gasteiger partial charge in [-0.3, -0.25) is 19.8 Å². The van der Waals surface area contributed by atoms with Gasteiger partial charge in [0, 0.05) is 29.2 Å². The smallest absolute Gasteiger partial charge is 0.331 e. The molecule has 4 rings (SSSR count). The Morgan fingerprint density at radius 2 is 1.73 bits per heavy atom. The monoisotopic (exact) mass is 403 g/mol. The highest BCUT2D eigenvalue weighted by molar-refractivity contribution is 6.31. The Morgan fingerprint density at radius 1 is 1.00 bits per heavy atom. The molecule has 1 aliphatic heterocycles. The number of carbonyl (C=O) groups is 3. The average Bonchev–Trinajstić information content (AvgIpc) is 3.10. The molecule has 7 nitrogen and oxygen atoms in total. The molecular formula is C23H21N3O4. The number of carbonyl (C=O) groups excluding carboxylic acids is 3. The van der Waals surface area contributed by atoms with Crippen molar-refractivity contribution >= 4 is 34.8 Å². The molecule has 1 N–H and O–H groups in total. The summed E-state index contributed by atoms with van der Waals surface area (Å²) in [5, 5.41) is 3.13. The van der Waals surface area contributed by atoms with Gasteiger partial charge in [-0.25, -0.2) is 4.79 Å². The quantitative estimate of drug-likeness (QED) is 0.506. The molecule has 30 heavy (non-hydrogen) atoms. The highest BCUT2D eigenvalue weighted by Crippen LogP contribution is 2.25. The van der Waals surface area contributed by atoms with Gasteiger partial charge in [0.05, 0.1) is 6.54 Å². The standard InChI is InChI=1S/C23H21N3O4/c1-2-26-22(28)19(21(27)24-23(26)29)14-16-15-25(20-11-7-6-10-18(16)20)12-13-30-17-8-4-3-5-9-17/h3-11,14-15H,2,12-13H2,1H3,(H,24,27,29)/b19-14+. The molecule has 0 radical (unpaired) electrons. The van der Waals surface area contributed by atoms with Crippen molar-refractivity contribution in [1.82, 2.24) is 14.8 Å². The topological polar surface area (TPSA) is 80.6 Å². The fraction of sp³-hybridized carbons (Fsp3) is 0.174. The first-order valence-corrected chi connectivity index (χ1v) is 9.73. The maximum absolute atomic E-state index is 12.6. The van der Waals surface area contributed by atoms with Crippen LogP contribution in [0, 0.1) is 0 Å². The molecule has 0 saturated carbocycles. The van der Waals surface area contributed by atoms with Crippen LogP contribution in [0.5, 0.6) is 5.75 Å². The lowest BCUT2D eigenvalue weighted by molar-refractivity contribution is -0.129. The highest BCUT2D eigenvalue weighted by Gasteiger charge is 2.34. The third kappa shape index (κ3) is 3.69. The van der Waals surface area contributed by atoms with Crippen molar-refractivity contribution in [2.75, 3.05) is 13.2 Å². The molecular weight excluding hydrogens is 382 g/mol. The van der Waals surface area contributed by atoms with Crippen molar-refractivity contribution in [3.8, 4) is 5.75 Å². The second-order valence-corrected chi connectivity index (χ2v) is 6.82. The van der Waals surface area contributed by atoms with E-state index in [2.05, 4.69) is 5.32 Å². The zero-order valence-electron chi connectivity index (χ0n) is 16.5. The number of rotatable bonds is 6. The first kappa shape index (κ1) is 19.4. The normalized spacial score (nSPS) is 15.7. The summed E-state index contributed by atoms with van der Waals surface area (Å²) >= 11 is 0. The first-order valence-electron chi connectivity index (χ1n) is 9.73. The summed E-state index contributed by atoms with van der Waals surface area (Å²) in [6.07, 6.45) is 3.43. The minimum atomic E-state index is -0.690. The number of amides is 4. The van der Waals surface area contributed by atoms with Gasteiger partial charge in [0.25, 0.3) is 11.8 Å². The number of aromatic nitrogens is 1. The number of likely N-dealkylation sites (N-methyl/N-ethyl adjacent to an activating group) is 1. The molecule has 2 aromatic carbocycles. The lowest BCUT2D eigenvalue weighted by atomic mass is 10.1. The summed E-state index contributed by atoms with van der Waals surface area (Å²) in [6.45, 7) is 2.94. The maximum atomic E-state index is 12.6. The molecule has 2 heterocycles. The number of ether oxygens (including phenoxy) is 1. The second-order valence-electron chi connectivity index (χ2n) is 6.82. The van der Waals surface area contributed by atoms with E-state index < -0.39 is 17.8 Å². The summed E-state index contributed by atoms with van der Waals surface area (Å²) in [6, 6.07) is 16.6. The summed E-state index contributed by atoms with van der Waals surface area (Å²) in [5.74, 6) is -0.473. The van der Waals surface area contributed by atoms with Crippen LogP contribution in [0.4, 0.5) is 4.79 Å². The van der Waals surface area contributed by atoms with Crippen LogP contribution < -0.4 is 10.1 Å². The van der Waals surface area contributed by atoms with Crippen LogP contribution in [0.2, 0.25) is 0 Å². The number of benzene rings is 2. The fourth-order valence-corrected chi connectivity index (χ4v) is 3.49. The molecule has 4 amide bonds. The van der Waals surface area contributed by atoms with Crippen LogP contribution in [0.15, 0.2) is 66.4 Å². The van der Waals surface area contributed by atoms with E-state index in [0.717, 1.165) is 27.1 Å². The number of nitrogens with one attached hydrogen (secondary N) is 1. The average molecular weight is 403 g/mol. The molecule has 0 aliphatic carbocycles. The Labute approximate surface area is 173 Å². The first-order chi connectivity index (χ1) is 14.6. The third-order valence-corrected chi connectivity index (χ3v) is 4.97. The minimum absolute atomic E-state index is 0.0557. The van der Waals surface area contributed by atoms with Gasteiger partial charge in [0.2, 0.25) is 0 Å². The van der Waals surface area contributed by atoms with E-state index in [9.17, 15) is 14.4 Å². The van der Waals surface area contributed by atoms with Crippen LogP contribution >= 0.6 is 0 Å². The lowest BCUT2D eigenvalue weighted by Gasteiger charge is -2.24. The summed E-state index contributed by atoms with van der Waals surface area (Å²) in [5.41, 5.74) is 1.64. The van der Waals surface area contributed by atoms with Crippen molar-refractivity contribution in [3.63, 3.8) is 0 Å². The molecule has 7 heteroatoms. The van der Waals surface area contributed by atoms with Crippen molar-refractivity contribution in [3.05, 3.63) is 71.9 Å². The van der Waals surface area contributed by atoms with Crippen LogP contribution in [0.3, 0.4) is 0 Å². The molecule has 0 atom stereocenters. The van der Waals surface area contributed by atoms with E-state index in [0.29, 0.717) is 13.2 Å². The van der Waals surface area contributed by atoms with Gasteiger partial charge in [-0.05, 0) is 31.2 Å². The van der Waals surface area contributed by atoms with E-state index in [-0.39, 0.29) is 12.1 Å². The molecule has 0 unspecified atom stereocenters. The molecule has 1 fully saturated rings. The van der Waals surface area contributed by atoms with E-state index in [4.69, 9.17) is 4.74 Å². The van der Waals surface area contributed by atoms with E-state index >= 15 is 0 Å². The zero-order chi connectivity index (χ0) is 21.1. The van der Waals surface area contributed by atoms with Crippen LogP contribution in [-0.4, -0.2) is 40.5 Å². The van der Waals surface area contributed by atoms with Gasteiger partial charge in [-0.2, -0.15) is 0 Å². The predicted octanol–water partition coefficient (Wildman–Crippen LogP) is 3.20.